The smallest absolute Gasteiger partial charge is 0.255 e. The lowest BCUT2D eigenvalue weighted by Gasteiger charge is -2.11. The summed E-state index contributed by atoms with van der Waals surface area (Å²) in [6, 6.07) is 12.2. The average Bonchev–Trinajstić information content (AvgIpc) is 2.56. The Kier molecular flexibility index (Phi) is 5.86. The van der Waals surface area contributed by atoms with Crippen molar-refractivity contribution in [1.29, 1.82) is 0 Å². The van der Waals surface area contributed by atoms with Gasteiger partial charge in [0.1, 0.15) is 11.5 Å². The van der Waals surface area contributed by atoms with Gasteiger partial charge in [-0.1, -0.05) is 6.92 Å². The standard InChI is InChI=1S/C18H22N2O3/c1-3-11-23-14-7-5-13(6-8-14)18(21)20-17-10-9-15(22-4-2)12-16(17)19/h5-10,12H,3-4,11,19H2,1-2H3,(H,20,21). The van der Waals surface area contributed by atoms with Crippen LogP contribution in [0.3, 0.4) is 0 Å². The minimum absolute atomic E-state index is 0.220. The van der Waals surface area contributed by atoms with E-state index in [4.69, 9.17) is 15.2 Å². The first-order valence-corrected chi connectivity index (χ1v) is 7.70. The number of nitrogens with two attached hydrogens (primary N) is 1. The molecular weight excluding hydrogens is 292 g/mol. The van der Waals surface area contributed by atoms with Crippen molar-refractivity contribution in [2.24, 2.45) is 0 Å². The molecule has 0 heterocycles. The predicted octanol–water partition coefficient (Wildman–Crippen LogP) is 3.71. The lowest BCUT2D eigenvalue weighted by atomic mass is 10.2. The number of hydrogen-bond donors (Lipinski definition) is 2. The minimum atomic E-state index is -0.220. The SMILES string of the molecule is CCCOc1ccc(C(=O)Nc2ccc(OCC)cc2N)cc1. The molecule has 2 aromatic carbocycles. The van der Waals surface area contributed by atoms with Crippen LogP contribution in [0.2, 0.25) is 0 Å². The van der Waals surface area contributed by atoms with Crippen molar-refractivity contribution in [3.8, 4) is 11.5 Å². The first-order valence-electron chi connectivity index (χ1n) is 7.70. The number of nitrogen functional groups attached to an aromatic ring is 1. The van der Waals surface area contributed by atoms with E-state index in [-0.39, 0.29) is 5.91 Å². The summed E-state index contributed by atoms with van der Waals surface area (Å²) in [7, 11) is 0. The highest BCUT2D eigenvalue weighted by Gasteiger charge is 2.09. The third kappa shape index (κ3) is 4.64. The molecule has 3 N–H and O–H groups in total. The minimum Gasteiger partial charge on any atom is -0.494 e. The maximum absolute atomic E-state index is 12.3. The molecule has 0 aliphatic rings. The van der Waals surface area contributed by atoms with Gasteiger partial charge in [0, 0.05) is 11.6 Å². The highest BCUT2D eigenvalue weighted by atomic mass is 16.5. The number of ether oxygens (including phenoxy) is 2. The number of rotatable bonds is 7. The van der Waals surface area contributed by atoms with Crippen molar-refractivity contribution in [1.82, 2.24) is 0 Å². The van der Waals surface area contributed by atoms with E-state index in [0.29, 0.717) is 35.9 Å². The van der Waals surface area contributed by atoms with Crippen molar-refractivity contribution >= 4 is 17.3 Å². The predicted molar refractivity (Wildman–Crippen MR) is 92.2 cm³/mol. The van der Waals surface area contributed by atoms with Crippen LogP contribution >= 0.6 is 0 Å². The van der Waals surface area contributed by atoms with E-state index in [1.165, 1.54) is 0 Å². The van der Waals surface area contributed by atoms with Crippen LogP contribution < -0.4 is 20.5 Å². The number of hydrogen-bond acceptors (Lipinski definition) is 4. The Labute approximate surface area is 136 Å². The van der Waals surface area contributed by atoms with Gasteiger partial charge in [-0.3, -0.25) is 4.79 Å². The zero-order valence-corrected chi connectivity index (χ0v) is 13.5. The van der Waals surface area contributed by atoms with E-state index in [2.05, 4.69) is 5.32 Å². The van der Waals surface area contributed by atoms with Crippen LogP contribution in [0.25, 0.3) is 0 Å². The van der Waals surface area contributed by atoms with Crippen LogP contribution in [0.15, 0.2) is 42.5 Å². The third-order valence-electron chi connectivity index (χ3n) is 3.17. The Balaban J connectivity index is 2.03. The van der Waals surface area contributed by atoms with Crippen LogP contribution in [0, 0.1) is 0 Å². The molecule has 2 rings (SSSR count). The highest BCUT2D eigenvalue weighted by molar-refractivity contribution is 6.05. The van der Waals surface area contributed by atoms with Crippen LogP contribution in [0.4, 0.5) is 11.4 Å². The Morgan fingerprint density at radius 1 is 1.04 bits per heavy atom. The fourth-order valence-electron chi connectivity index (χ4n) is 2.03. The van der Waals surface area contributed by atoms with E-state index in [9.17, 15) is 4.79 Å². The molecule has 0 bridgehead atoms. The van der Waals surface area contributed by atoms with Gasteiger partial charge in [-0.05, 0) is 49.7 Å². The summed E-state index contributed by atoms with van der Waals surface area (Å²) in [6.45, 7) is 5.18. The van der Waals surface area contributed by atoms with E-state index >= 15 is 0 Å². The van der Waals surface area contributed by atoms with Gasteiger partial charge in [0.15, 0.2) is 0 Å². The second-order valence-electron chi connectivity index (χ2n) is 5.01. The molecule has 5 heteroatoms. The normalized spacial score (nSPS) is 10.2. The molecule has 23 heavy (non-hydrogen) atoms. The summed E-state index contributed by atoms with van der Waals surface area (Å²) in [5.74, 6) is 1.22. The number of nitrogens with one attached hydrogen (secondary N) is 1. The Hall–Kier alpha value is -2.69. The van der Waals surface area contributed by atoms with Gasteiger partial charge in [0.25, 0.3) is 5.91 Å². The number of carbonyl (C=O) groups is 1. The first kappa shape index (κ1) is 16.7. The van der Waals surface area contributed by atoms with Gasteiger partial charge >= 0.3 is 0 Å². The molecule has 0 radical (unpaired) electrons. The van der Waals surface area contributed by atoms with Crippen molar-refractivity contribution in [2.75, 3.05) is 24.3 Å². The topological polar surface area (TPSA) is 73.6 Å². The molecule has 0 saturated carbocycles. The van der Waals surface area contributed by atoms with E-state index < -0.39 is 0 Å². The lowest BCUT2D eigenvalue weighted by molar-refractivity contribution is 0.102. The van der Waals surface area contributed by atoms with Crippen molar-refractivity contribution < 1.29 is 14.3 Å². The fraction of sp³-hybridized carbons (Fsp3) is 0.278. The molecule has 0 fully saturated rings. The van der Waals surface area contributed by atoms with E-state index in [0.717, 1.165) is 12.2 Å². The van der Waals surface area contributed by atoms with E-state index in [1.807, 2.05) is 13.8 Å². The van der Waals surface area contributed by atoms with Gasteiger partial charge in [0.05, 0.1) is 24.6 Å². The maximum atomic E-state index is 12.3. The van der Waals surface area contributed by atoms with Crippen molar-refractivity contribution in [3.63, 3.8) is 0 Å². The monoisotopic (exact) mass is 314 g/mol. The number of benzene rings is 2. The van der Waals surface area contributed by atoms with Crippen LogP contribution in [0.1, 0.15) is 30.6 Å². The average molecular weight is 314 g/mol. The molecule has 2 aromatic rings. The maximum Gasteiger partial charge on any atom is 0.255 e. The quantitative estimate of drug-likeness (QED) is 0.764. The highest BCUT2D eigenvalue weighted by Crippen LogP contribution is 2.25. The van der Waals surface area contributed by atoms with Gasteiger partial charge in [-0.15, -0.1) is 0 Å². The molecule has 0 spiro atoms. The Bertz CT molecular complexity index is 654. The summed E-state index contributed by atoms with van der Waals surface area (Å²) in [5, 5.41) is 2.80. The summed E-state index contributed by atoms with van der Waals surface area (Å²) >= 11 is 0. The zero-order valence-electron chi connectivity index (χ0n) is 13.5. The number of anilines is 2. The fourth-order valence-corrected chi connectivity index (χ4v) is 2.03. The van der Waals surface area contributed by atoms with Crippen LogP contribution in [-0.2, 0) is 0 Å². The molecule has 0 atom stereocenters. The Morgan fingerprint density at radius 2 is 1.74 bits per heavy atom. The molecular formula is C18H22N2O3. The zero-order chi connectivity index (χ0) is 16.7. The second-order valence-corrected chi connectivity index (χ2v) is 5.01. The van der Waals surface area contributed by atoms with Gasteiger partial charge in [0.2, 0.25) is 0 Å². The van der Waals surface area contributed by atoms with Crippen molar-refractivity contribution in [2.45, 2.75) is 20.3 Å². The lowest BCUT2D eigenvalue weighted by Crippen LogP contribution is -2.13. The summed E-state index contributed by atoms with van der Waals surface area (Å²) in [6.07, 6.45) is 0.944. The molecule has 0 aliphatic heterocycles. The molecule has 122 valence electrons. The van der Waals surface area contributed by atoms with Crippen LogP contribution in [-0.4, -0.2) is 19.1 Å². The molecule has 1 amide bonds. The Morgan fingerprint density at radius 3 is 2.35 bits per heavy atom. The second kappa shape index (κ2) is 8.08. The van der Waals surface area contributed by atoms with Crippen LogP contribution in [0.5, 0.6) is 11.5 Å². The van der Waals surface area contributed by atoms with Gasteiger partial charge in [-0.2, -0.15) is 0 Å². The summed E-state index contributed by atoms with van der Waals surface area (Å²) in [5.41, 5.74) is 7.51. The van der Waals surface area contributed by atoms with Gasteiger partial charge < -0.3 is 20.5 Å². The molecule has 0 aliphatic carbocycles. The summed E-state index contributed by atoms with van der Waals surface area (Å²) in [4.78, 5) is 12.3. The number of amides is 1. The first-order chi connectivity index (χ1) is 11.1. The number of carbonyl (C=O) groups excluding carboxylic acids is 1. The van der Waals surface area contributed by atoms with Gasteiger partial charge in [-0.25, -0.2) is 0 Å². The molecule has 5 nitrogen and oxygen atoms in total. The van der Waals surface area contributed by atoms with E-state index in [1.54, 1.807) is 42.5 Å². The van der Waals surface area contributed by atoms with Crippen molar-refractivity contribution in [3.05, 3.63) is 48.0 Å². The largest absolute Gasteiger partial charge is 0.494 e. The molecule has 0 saturated heterocycles. The summed E-state index contributed by atoms with van der Waals surface area (Å²) < 4.78 is 10.9. The molecule has 0 unspecified atom stereocenters. The third-order valence-corrected chi connectivity index (χ3v) is 3.17. The molecule has 0 aromatic heterocycles.